The van der Waals surface area contributed by atoms with E-state index in [0.717, 1.165) is 15.6 Å². The average Bonchev–Trinajstić information content (AvgIpc) is 2.67. The van der Waals surface area contributed by atoms with Gasteiger partial charge in [-0.1, -0.05) is 0 Å². The second kappa shape index (κ2) is 6.63. The molecule has 0 aliphatic heterocycles. The molecule has 0 aromatic carbocycles. The second-order valence-corrected chi connectivity index (χ2v) is 5.38. The van der Waals surface area contributed by atoms with E-state index in [-0.39, 0.29) is 12.6 Å². The molecule has 0 radical (unpaired) electrons. The molecular formula is C12H19N3O3S. The third-order valence-corrected chi connectivity index (χ3v) is 3.77. The molecule has 2 atom stereocenters. The number of aromatic nitrogens is 1. The zero-order chi connectivity index (χ0) is 14.6. The van der Waals surface area contributed by atoms with Crippen LogP contribution in [0.15, 0.2) is 0 Å². The van der Waals surface area contributed by atoms with Gasteiger partial charge in [-0.3, -0.25) is 4.79 Å². The molecule has 0 aliphatic rings. The number of thiazole rings is 1. The van der Waals surface area contributed by atoms with Crippen LogP contribution in [0.3, 0.4) is 0 Å². The number of hydrogen-bond donors (Lipinski definition) is 2. The smallest absolute Gasteiger partial charge is 0.332 e. The standard InChI is InChI=1S/C12H19N3O3S/c1-5-18-12(17)9(13)11(16)15-7(3)10-6(2)14-8(4)19-10/h7,9H,5,13H2,1-4H3,(H,15,16). The van der Waals surface area contributed by atoms with Crippen LogP contribution >= 0.6 is 11.3 Å². The Morgan fingerprint density at radius 2 is 2.11 bits per heavy atom. The minimum Gasteiger partial charge on any atom is -0.464 e. The van der Waals surface area contributed by atoms with Crippen molar-refractivity contribution in [3.05, 3.63) is 15.6 Å². The van der Waals surface area contributed by atoms with Crippen molar-refractivity contribution in [3.8, 4) is 0 Å². The van der Waals surface area contributed by atoms with Crippen molar-refractivity contribution in [3.63, 3.8) is 0 Å². The van der Waals surface area contributed by atoms with Gasteiger partial charge in [-0.15, -0.1) is 11.3 Å². The second-order valence-electron chi connectivity index (χ2n) is 4.14. The van der Waals surface area contributed by atoms with E-state index in [2.05, 4.69) is 10.3 Å². The maximum absolute atomic E-state index is 11.8. The lowest BCUT2D eigenvalue weighted by Crippen LogP contribution is -2.47. The summed E-state index contributed by atoms with van der Waals surface area (Å²) in [5.74, 6) is -1.26. The van der Waals surface area contributed by atoms with Crippen LogP contribution in [0.2, 0.25) is 0 Å². The minimum atomic E-state index is -1.29. The number of rotatable bonds is 5. The van der Waals surface area contributed by atoms with Gasteiger partial charge < -0.3 is 15.8 Å². The molecule has 0 aliphatic carbocycles. The van der Waals surface area contributed by atoms with Gasteiger partial charge >= 0.3 is 5.97 Å². The molecule has 0 fully saturated rings. The molecule has 2 unspecified atom stereocenters. The lowest BCUT2D eigenvalue weighted by Gasteiger charge is -2.16. The first-order chi connectivity index (χ1) is 8.86. The topological polar surface area (TPSA) is 94.3 Å². The van der Waals surface area contributed by atoms with Crippen LogP contribution in [0.25, 0.3) is 0 Å². The highest BCUT2D eigenvalue weighted by Crippen LogP contribution is 2.24. The molecule has 1 rings (SSSR count). The van der Waals surface area contributed by atoms with E-state index >= 15 is 0 Å². The fourth-order valence-electron chi connectivity index (χ4n) is 1.66. The van der Waals surface area contributed by atoms with E-state index in [1.54, 1.807) is 6.92 Å². The number of amides is 1. The fourth-order valence-corrected chi connectivity index (χ4v) is 2.59. The first kappa shape index (κ1) is 15.6. The van der Waals surface area contributed by atoms with Gasteiger partial charge in [0.05, 0.1) is 23.4 Å². The van der Waals surface area contributed by atoms with E-state index in [1.807, 2.05) is 20.8 Å². The molecule has 6 nitrogen and oxygen atoms in total. The van der Waals surface area contributed by atoms with E-state index in [4.69, 9.17) is 10.5 Å². The van der Waals surface area contributed by atoms with Crippen molar-refractivity contribution in [2.45, 2.75) is 39.8 Å². The van der Waals surface area contributed by atoms with E-state index in [9.17, 15) is 9.59 Å². The Kier molecular flexibility index (Phi) is 5.44. The molecule has 1 aromatic rings. The van der Waals surface area contributed by atoms with E-state index in [1.165, 1.54) is 11.3 Å². The zero-order valence-electron chi connectivity index (χ0n) is 11.5. The molecule has 0 bridgehead atoms. The first-order valence-corrected chi connectivity index (χ1v) is 6.85. The number of carbonyl (C=O) groups excluding carboxylic acids is 2. The summed E-state index contributed by atoms with van der Waals surface area (Å²) in [6, 6.07) is -1.53. The lowest BCUT2D eigenvalue weighted by molar-refractivity contribution is -0.148. The summed E-state index contributed by atoms with van der Waals surface area (Å²) in [6.45, 7) is 7.47. The maximum atomic E-state index is 11.8. The number of ether oxygens (including phenoxy) is 1. The number of nitrogens with zero attached hydrogens (tertiary/aromatic N) is 1. The van der Waals surface area contributed by atoms with Crippen LogP contribution in [0.4, 0.5) is 0 Å². The van der Waals surface area contributed by atoms with Gasteiger partial charge in [-0.25, -0.2) is 9.78 Å². The predicted molar refractivity (Wildman–Crippen MR) is 72.8 cm³/mol. The number of nitrogens with one attached hydrogen (secondary N) is 1. The van der Waals surface area contributed by atoms with Crippen LogP contribution < -0.4 is 11.1 Å². The van der Waals surface area contributed by atoms with Gasteiger partial charge in [-0.2, -0.15) is 0 Å². The monoisotopic (exact) mass is 285 g/mol. The summed E-state index contributed by atoms with van der Waals surface area (Å²) in [5.41, 5.74) is 6.39. The van der Waals surface area contributed by atoms with Crippen molar-refractivity contribution >= 4 is 23.2 Å². The Morgan fingerprint density at radius 3 is 2.58 bits per heavy atom. The molecule has 1 heterocycles. The number of hydrogen-bond acceptors (Lipinski definition) is 6. The van der Waals surface area contributed by atoms with Crippen molar-refractivity contribution in [2.24, 2.45) is 5.73 Å². The normalized spacial score (nSPS) is 13.7. The Balaban J connectivity index is 2.66. The van der Waals surface area contributed by atoms with Gasteiger partial charge in [0.2, 0.25) is 5.91 Å². The summed E-state index contributed by atoms with van der Waals surface area (Å²) in [5, 5.41) is 3.63. The van der Waals surface area contributed by atoms with Gasteiger partial charge in [0.25, 0.3) is 0 Å². The molecule has 0 saturated carbocycles. The van der Waals surface area contributed by atoms with Crippen molar-refractivity contribution < 1.29 is 14.3 Å². The van der Waals surface area contributed by atoms with E-state index in [0.29, 0.717) is 0 Å². The molecule has 1 amide bonds. The zero-order valence-corrected chi connectivity index (χ0v) is 12.3. The molecule has 106 valence electrons. The average molecular weight is 285 g/mol. The summed E-state index contributed by atoms with van der Waals surface area (Å²) >= 11 is 1.51. The van der Waals surface area contributed by atoms with Crippen LogP contribution in [0, 0.1) is 13.8 Å². The summed E-state index contributed by atoms with van der Waals surface area (Å²) in [4.78, 5) is 28.4. The van der Waals surface area contributed by atoms with E-state index < -0.39 is 17.9 Å². The fraction of sp³-hybridized carbons (Fsp3) is 0.583. The van der Waals surface area contributed by atoms with Gasteiger partial charge in [-0.05, 0) is 27.7 Å². The molecule has 3 N–H and O–H groups in total. The molecule has 0 saturated heterocycles. The predicted octanol–water partition coefficient (Wildman–Crippen LogP) is 0.828. The highest BCUT2D eigenvalue weighted by atomic mass is 32.1. The third kappa shape index (κ3) is 4.00. The van der Waals surface area contributed by atoms with Crippen LogP contribution in [0.1, 0.15) is 35.5 Å². The minimum absolute atomic E-state index is 0.197. The molecular weight excluding hydrogens is 266 g/mol. The Bertz CT molecular complexity index is 473. The number of nitrogens with two attached hydrogens (primary N) is 1. The van der Waals surface area contributed by atoms with Gasteiger partial charge in [0, 0.05) is 4.88 Å². The molecule has 0 spiro atoms. The van der Waals surface area contributed by atoms with Crippen molar-refractivity contribution in [1.82, 2.24) is 10.3 Å². The highest BCUT2D eigenvalue weighted by Gasteiger charge is 2.25. The maximum Gasteiger partial charge on any atom is 0.332 e. The van der Waals surface area contributed by atoms with Crippen LogP contribution in [0.5, 0.6) is 0 Å². The highest BCUT2D eigenvalue weighted by molar-refractivity contribution is 7.11. The number of carbonyl (C=O) groups is 2. The largest absolute Gasteiger partial charge is 0.464 e. The summed E-state index contributed by atoms with van der Waals surface area (Å²) in [6.07, 6.45) is 0. The Morgan fingerprint density at radius 1 is 1.47 bits per heavy atom. The number of aryl methyl sites for hydroxylation is 2. The number of esters is 1. The summed E-state index contributed by atoms with van der Waals surface area (Å²) in [7, 11) is 0. The lowest BCUT2D eigenvalue weighted by atomic mass is 10.2. The molecule has 19 heavy (non-hydrogen) atoms. The summed E-state index contributed by atoms with van der Waals surface area (Å²) < 4.78 is 4.71. The van der Waals surface area contributed by atoms with Crippen molar-refractivity contribution in [2.75, 3.05) is 6.61 Å². The Hall–Kier alpha value is -1.47. The molecule has 1 aromatic heterocycles. The SMILES string of the molecule is CCOC(=O)C(N)C(=O)NC(C)c1sc(C)nc1C. The first-order valence-electron chi connectivity index (χ1n) is 6.03. The van der Waals surface area contributed by atoms with Gasteiger partial charge in [0.15, 0.2) is 6.04 Å². The van der Waals surface area contributed by atoms with Crippen LogP contribution in [-0.4, -0.2) is 29.5 Å². The molecule has 7 heteroatoms. The third-order valence-electron chi connectivity index (χ3n) is 2.51. The van der Waals surface area contributed by atoms with Crippen LogP contribution in [-0.2, 0) is 14.3 Å². The van der Waals surface area contributed by atoms with Gasteiger partial charge in [0.1, 0.15) is 0 Å². The Labute approximate surface area is 116 Å². The quantitative estimate of drug-likeness (QED) is 0.617. The van der Waals surface area contributed by atoms with Crippen molar-refractivity contribution in [1.29, 1.82) is 0 Å².